The predicted molar refractivity (Wildman–Crippen MR) is 84.1 cm³/mol. The molecule has 3 rings (SSSR count). The molecular formula is C14H18N6S. The SMILES string of the molecule is Cc1ncsc1CCN(C)c1c(C)c(C)nn2cnnc12. The van der Waals surface area contributed by atoms with Crippen LogP contribution in [0.1, 0.15) is 21.8 Å². The van der Waals surface area contributed by atoms with Gasteiger partial charge < -0.3 is 4.90 Å². The largest absolute Gasteiger partial charge is 0.371 e. The second kappa shape index (κ2) is 5.40. The summed E-state index contributed by atoms with van der Waals surface area (Å²) in [6.45, 7) is 7.07. The summed E-state index contributed by atoms with van der Waals surface area (Å²) in [4.78, 5) is 7.87. The number of fused-ring (bicyclic) bond motifs is 1. The van der Waals surface area contributed by atoms with E-state index in [-0.39, 0.29) is 0 Å². The monoisotopic (exact) mass is 302 g/mol. The van der Waals surface area contributed by atoms with E-state index >= 15 is 0 Å². The zero-order valence-electron chi connectivity index (χ0n) is 12.7. The van der Waals surface area contributed by atoms with E-state index in [1.54, 1.807) is 22.2 Å². The molecule has 3 aromatic heterocycles. The van der Waals surface area contributed by atoms with E-state index in [1.165, 1.54) is 4.88 Å². The van der Waals surface area contributed by atoms with Crippen molar-refractivity contribution in [2.45, 2.75) is 27.2 Å². The topological polar surface area (TPSA) is 59.2 Å². The van der Waals surface area contributed by atoms with Crippen molar-refractivity contribution in [1.29, 1.82) is 0 Å². The van der Waals surface area contributed by atoms with Crippen LogP contribution in [0.2, 0.25) is 0 Å². The summed E-state index contributed by atoms with van der Waals surface area (Å²) in [5.74, 6) is 0. The van der Waals surface area contributed by atoms with Crippen molar-refractivity contribution >= 4 is 22.7 Å². The molecule has 0 aliphatic carbocycles. The van der Waals surface area contributed by atoms with Gasteiger partial charge in [0, 0.05) is 24.9 Å². The standard InChI is InChI=1S/C14H18N6S/c1-9-10(2)18-20-7-16-17-14(20)13(9)19(4)6-5-12-11(3)15-8-21-12/h7-8H,5-6H2,1-4H3. The molecule has 0 aliphatic rings. The summed E-state index contributed by atoms with van der Waals surface area (Å²) in [6, 6.07) is 0. The fourth-order valence-electron chi connectivity index (χ4n) is 2.44. The minimum atomic E-state index is 0.807. The lowest BCUT2D eigenvalue weighted by Crippen LogP contribution is -2.23. The Morgan fingerprint density at radius 1 is 1.24 bits per heavy atom. The van der Waals surface area contributed by atoms with Crippen LogP contribution in [-0.4, -0.2) is 38.4 Å². The van der Waals surface area contributed by atoms with Crippen LogP contribution in [0.5, 0.6) is 0 Å². The summed E-state index contributed by atoms with van der Waals surface area (Å²) in [5, 5.41) is 12.6. The van der Waals surface area contributed by atoms with Crippen LogP contribution in [0.15, 0.2) is 11.8 Å². The van der Waals surface area contributed by atoms with Gasteiger partial charge in [-0.2, -0.15) is 9.61 Å². The maximum Gasteiger partial charge on any atom is 0.201 e. The van der Waals surface area contributed by atoms with Gasteiger partial charge in [0.05, 0.1) is 22.6 Å². The van der Waals surface area contributed by atoms with Crippen molar-refractivity contribution < 1.29 is 0 Å². The quantitative estimate of drug-likeness (QED) is 0.739. The first kappa shape index (κ1) is 13.9. The van der Waals surface area contributed by atoms with Crippen molar-refractivity contribution in [3.8, 4) is 0 Å². The van der Waals surface area contributed by atoms with Crippen LogP contribution in [0.3, 0.4) is 0 Å². The van der Waals surface area contributed by atoms with E-state index in [2.05, 4.69) is 46.1 Å². The third-order valence-corrected chi connectivity index (χ3v) is 4.79. The zero-order valence-corrected chi connectivity index (χ0v) is 13.5. The lowest BCUT2D eigenvalue weighted by molar-refractivity contribution is 0.841. The Hall–Kier alpha value is -2.02. The number of hydrogen-bond acceptors (Lipinski definition) is 6. The molecule has 0 bridgehead atoms. The Bertz CT molecular complexity index is 775. The Kier molecular flexibility index (Phi) is 3.59. The van der Waals surface area contributed by atoms with E-state index in [1.807, 2.05) is 12.4 Å². The van der Waals surface area contributed by atoms with Crippen molar-refractivity contribution in [3.63, 3.8) is 0 Å². The summed E-state index contributed by atoms with van der Waals surface area (Å²) in [6.07, 6.45) is 2.63. The molecule has 7 heteroatoms. The fourth-order valence-corrected chi connectivity index (χ4v) is 3.21. The maximum absolute atomic E-state index is 4.46. The van der Waals surface area contributed by atoms with E-state index < -0.39 is 0 Å². The molecule has 0 amide bonds. The highest BCUT2D eigenvalue weighted by Gasteiger charge is 2.15. The van der Waals surface area contributed by atoms with Crippen molar-refractivity contribution in [2.24, 2.45) is 0 Å². The Morgan fingerprint density at radius 3 is 2.76 bits per heavy atom. The highest BCUT2D eigenvalue weighted by atomic mass is 32.1. The van der Waals surface area contributed by atoms with Gasteiger partial charge in [-0.3, -0.25) is 0 Å². The molecule has 0 aromatic carbocycles. The van der Waals surface area contributed by atoms with Crippen molar-refractivity contribution in [1.82, 2.24) is 24.8 Å². The molecule has 0 N–H and O–H groups in total. The van der Waals surface area contributed by atoms with Gasteiger partial charge in [-0.15, -0.1) is 21.5 Å². The smallest absolute Gasteiger partial charge is 0.201 e. The number of likely N-dealkylation sites (N-methyl/N-ethyl adjacent to an activating group) is 1. The third kappa shape index (κ3) is 2.49. The molecule has 110 valence electrons. The molecule has 0 spiro atoms. The number of hydrogen-bond donors (Lipinski definition) is 0. The number of aromatic nitrogens is 5. The van der Waals surface area contributed by atoms with E-state index in [0.717, 1.165) is 41.3 Å². The molecule has 21 heavy (non-hydrogen) atoms. The fraction of sp³-hybridized carbons (Fsp3) is 0.429. The highest BCUT2D eigenvalue weighted by molar-refractivity contribution is 7.09. The minimum Gasteiger partial charge on any atom is -0.371 e. The number of aryl methyl sites for hydroxylation is 2. The summed E-state index contributed by atoms with van der Waals surface area (Å²) >= 11 is 1.72. The average Bonchev–Trinajstić information content (AvgIpc) is 3.06. The predicted octanol–water partition coefficient (Wildman–Crippen LogP) is 2.18. The molecule has 0 unspecified atom stereocenters. The van der Waals surface area contributed by atoms with Gasteiger partial charge in [0.2, 0.25) is 5.65 Å². The highest BCUT2D eigenvalue weighted by Crippen LogP contribution is 2.25. The molecule has 0 aliphatic heterocycles. The average molecular weight is 302 g/mol. The van der Waals surface area contributed by atoms with Crippen LogP contribution in [0.25, 0.3) is 5.65 Å². The first-order valence-corrected chi connectivity index (χ1v) is 7.73. The molecule has 0 saturated carbocycles. The van der Waals surface area contributed by atoms with Crippen LogP contribution in [-0.2, 0) is 6.42 Å². The maximum atomic E-state index is 4.46. The van der Waals surface area contributed by atoms with E-state index in [9.17, 15) is 0 Å². The van der Waals surface area contributed by atoms with E-state index in [4.69, 9.17) is 0 Å². The number of nitrogens with zero attached hydrogens (tertiary/aromatic N) is 6. The molecule has 3 aromatic rings. The van der Waals surface area contributed by atoms with Crippen LogP contribution in [0.4, 0.5) is 5.69 Å². The summed E-state index contributed by atoms with van der Waals surface area (Å²) in [5.41, 5.74) is 7.09. The minimum absolute atomic E-state index is 0.807. The Labute approximate surface area is 127 Å². The summed E-state index contributed by atoms with van der Waals surface area (Å²) in [7, 11) is 2.09. The van der Waals surface area contributed by atoms with Gasteiger partial charge in [0.25, 0.3) is 0 Å². The molecule has 3 heterocycles. The Morgan fingerprint density at radius 2 is 2.05 bits per heavy atom. The van der Waals surface area contributed by atoms with E-state index in [0.29, 0.717) is 0 Å². The normalized spacial score (nSPS) is 11.2. The lowest BCUT2D eigenvalue weighted by Gasteiger charge is -2.22. The number of rotatable bonds is 4. The van der Waals surface area contributed by atoms with Crippen molar-refractivity contribution in [2.75, 3.05) is 18.5 Å². The second-order valence-corrected chi connectivity index (χ2v) is 6.13. The Balaban J connectivity index is 1.90. The number of anilines is 1. The van der Waals surface area contributed by atoms with Crippen LogP contribution >= 0.6 is 11.3 Å². The second-order valence-electron chi connectivity index (χ2n) is 5.19. The third-order valence-electron chi connectivity index (χ3n) is 3.80. The summed E-state index contributed by atoms with van der Waals surface area (Å²) < 4.78 is 1.74. The van der Waals surface area contributed by atoms with Gasteiger partial charge in [-0.1, -0.05) is 0 Å². The first-order chi connectivity index (χ1) is 10.1. The molecule has 0 fully saturated rings. The molecule has 0 atom stereocenters. The lowest BCUT2D eigenvalue weighted by atomic mass is 10.2. The number of thiazole rings is 1. The molecule has 6 nitrogen and oxygen atoms in total. The first-order valence-electron chi connectivity index (χ1n) is 6.85. The van der Waals surface area contributed by atoms with Gasteiger partial charge in [0.1, 0.15) is 6.33 Å². The van der Waals surface area contributed by atoms with Gasteiger partial charge in [0.15, 0.2) is 0 Å². The van der Waals surface area contributed by atoms with Crippen LogP contribution < -0.4 is 4.90 Å². The molecular weight excluding hydrogens is 284 g/mol. The molecule has 0 radical (unpaired) electrons. The zero-order chi connectivity index (χ0) is 15.0. The van der Waals surface area contributed by atoms with Gasteiger partial charge in [-0.25, -0.2) is 4.98 Å². The molecule has 0 saturated heterocycles. The van der Waals surface area contributed by atoms with Crippen LogP contribution in [0, 0.1) is 20.8 Å². The van der Waals surface area contributed by atoms with Gasteiger partial charge in [-0.05, 0) is 26.3 Å². The van der Waals surface area contributed by atoms with Crippen molar-refractivity contribution in [3.05, 3.63) is 33.7 Å². The van der Waals surface area contributed by atoms with Gasteiger partial charge >= 0.3 is 0 Å².